The van der Waals surface area contributed by atoms with Crippen molar-refractivity contribution < 1.29 is 4.74 Å². The number of aromatic nitrogens is 2. The number of fused-ring (bicyclic) bond motifs is 1. The van der Waals surface area contributed by atoms with Crippen molar-refractivity contribution >= 4 is 5.95 Å². The van der Waals surface area contributed by atoms with Crippen molar-refractivity contribution in [2.75, 3.05) is 12.3 Å². The van der Waals surface area contributed by atoms with E-state index in [1.54, 1.807) is 0 Å². The zero-order chi connectivity index (χ0) is 12.5. The van der Waals surface area contributed by atoms with E-state index in [0.29, 0.717) is 5.95 Å². The average molecular weight is 241 g/mol. The molecule has 0 saturated carbocycles. The van der Waals surface area contributed by atoms with Crippen LogP contribution < -0.4 is 10.5 Å². The Morgan fingerprint density at radius 1 is 1.22 bits per heavy atom. The van der Waals surface area contributed by atoms with E-state index < -0.39 is 0 Å². The van der Waals surface area contributed by atoms with Crippen LogP contribution in [-0.4, -0.2) is 16.6 Å². The van der Waals surface area contributed by atoms with Crippen molar-refractivity contribution in [3.63, 3.8) is 0 Å². The van der Waals surface area contributed by atoms with Gasteiger partial charge in [0.25, 0.3) is 0 Å². The Balaban J connectivity index is 2.06. The van der Waals surface area contributed by atoms with Gasteiger partial charge in [-0.15, -0.1) is 0 Å². The molecule has 0 unspecified atom stereocenters. The highest BCUT2D eigenvalue weighted by Crippen LogP contribution is 2.29. The minimum atomic E-state index is 0.318. The summed E-state index contributed by atoms with van der Waals surface area (Å²) in [6.07, 6.45) is 2.13. The summed E-state index contributed by atoms with van der Waals surface area (Å²) >= 11 is 0. The summed E-state index contributed by atoms with van der Waals surface area (Å²) in [5, 5.41) is 0. The molecule has 2 N–H and O–H groups in total. The molecule has 4 heteroatoms. The van der Waals surface area contributed by atoms with Gasteiger partial charge in [-0.05, 0) is 49.6 Å². The van der Waals surface area contributed by atoms with Crippen LogP contribution in [0.25, 0.3) is 11.3 Å². The molecular weight excluding hydrogens is 226 g/mol. The number of anilines is 1. The van der Waals surface area contributed by atoms with E-state index in [9.17, 15) is 0 Å². The van der Waals surface area contributed by atoms with Crippen LogP contribution in [0.15, 0.2) is 24.3 Å². The van der Waals surface area contributed by atoms with E-state index >= 15 is 0 Å². The highest BCUT2D eigenvalue weighted by Gasteiger charge is 2.12. The highest BCUT2D eigenvalue weighted by atomic mass is 16.5. The second-order valence-electron chi connectivity index (χ2n) is 4.53. The fraction of sp³-hybridized carbons (Fsp3) is 0.286. The molecule has 4 nitrogen and oxygen atoms in total. The van der Waals surface area contributed by atoms with Gasteiger partial charge in [0, 0.05) is 11.3 Å². The van der Waals surface area contributed by atoms with Gasteiger partial charge < -0.3 is 10.5 Å². The number of nitrogens with two attached hydrogens (primary N) is 1. The van der Waals surface area contributed by atoms with Gasteiger partial charge in [-0.25, -0.2) is 9.97 Å². The van der Waals surface area contributed by atoms with Crippen LogP contribution >= 0.6 is 0 Å². The van der Waals surface area contributed by atoms with Gasteiger partial charge in [0.15, 0.2) is 0 Å². The molecular formula is C14H15N3O. The largest absolute Gasteiger partial charge is 0.493 e. The molecule has 92 valence electrons. The van der Waals surface area contributed by atoms with Gasteiger partial charge in [0.05, 0.1) is 12.3 Å². The third-order valence-corrected chi connectivity index (χ3v) is 3.08. The lowest BCUT2D eigenvalue weighted by molar-refractivity contribution is 0.288. The Kier molecular flexibility index (Phi) is 2.63. The molecule has 1 aliphatic rings. The average Bonchev–Trinajstić information content (AvgIpc) is 2.37. The van der Waals surface area contributed by atoms with E-state index in [-0.39, 0.29) is 0 Å². The predicted octanol–water partition coefficient (Wildman–Crippen LogP) is 2.36. The summed E-state index contributed by atoms with van der Waals surface area (Å²) in [6.45, 7) is 2.73. The quantitative estimate of drug-likeness (QED) is 0.832. The van der Waals surface area contributed by atoms with Gasteiger partial charge in [0.1, 0.15) is 5.75 Å². The fourth-order valence-corrected chi connectivity index (χ4v) is 2.26. The molecule has 1 aliphatic heterocycles. The fourth-order valence-electron chi connectivity index (χ4n) is 2.26. The van der Waals surface area contributed by atoms with Crippen LogP contribution in [0.3, 0.4) is 0 Å². The standard InChI is InChI=1S/C14H15N3O/c1-9-7-12(17-14(15)16-9)10-4-5-13-11(8-10)3-2-6-18-13/h4-5,7-8H,2-3,6H2,1H3,(H2,15,16,17). The molecule has 1 aromatic carbocycles. The summed E-state index contributed by atoms with van der Waals surface area (Å²) in [7, 11) is 0. The number of hydrogen-bond acceptors (Lipinski definition) is 4. The van der Waals surface area contributed by atoms with Crippen LogP contribution in [0, 0.1) is 6.92 Å². The Labute approximate surface area is 106 Å². The molecule has 2 heterocycles. The molecule has 1 aromatic heterocycles. The summed E-state index contributed by atoms with van der Waals surface area (Å²) in [5.74, 6) is 1.31. The van der Waals surface area contributed by atoms with Gasteiger partial charge in [-0.2, -0.15) is 0 Å². The Morgan fingerprint density at radius 3 is 2.94 bits per heavy atom. The number of nitrogen functional groups attached to an aromatic ring is 1. The van der Waals surface area contributed by atoms with Crippen LogP contribution in [0.2, 0.25) is 0 Å². The number of benzene rings is 1. The van der Waals surface area contributed by atoms with E-state index in [4.69, 9.17) is 10.5 Å². The first kappa shape index (κ1) is 11.0. The van der Waals surface area contributed by atoms with E-state index in [1.807, 2.05) is 25.1 Å². The van der Waals surface area contributed by atoms with Crippen molar-refractivity contribution in [1.29, 1.82) is 0 Å². The molecule has 0 amide bonds. The molecule has 0 fully saturated rings. The molecule has 3 rings (SSSR count). The third kappa shape index (κ3) is 2.01. The van der Waals surface area contributed by atoms with Crippen molar-refractivity contribution in [3.8, 4) is 17.0 Å². The van der Waals surface area contributed by atoms with E-state index in [2.05, 4.69) is 16.0 Å². The maximum atomic E-state index is 5.69. The number of aryl methyl sites for hydroxylation is 2. The van der Waals surface area contributed by atoms with Crippen molar-refractivity contribution in [3.05, 3.63) is 35.5 Å². The van der Waals surface area contributed by atoms with Crippen molar-refractivity contribution in [2.24, 2.45) is 0 Å². The topological polar surface area (TPSA) is 61.0 Å². The summed E-state index contributed by atoms with van der Waals surface area (Å²) in [5.41, 5.74) is 9.75. The lowest BCUT2D eigenvalue weighted by Crippen LogP contribution is -2.08. The van der Waals surface area contributed by atoms with Crippen LogP contribution in [0.4, 0.5) is 5.95 Å². The first-order chi connectivity index (χ1) is 8.72. The summed E-state index contributed by atoms with van der Waals surface area (Å²) < 4.78 is 5.60. The second kappa shape index (κ2) is 4.29. The van der Waals surface area contributed by atoms with Crippen molar-refractivity contribution in [2.45, 2.75) is 19.8 Å². The third-order valence-electron chi connectivity index (χ3n) is 3.08. The molecule has 0 radical (unpaired) electrons. The zero-order valence-electron chi connectivity index (χ0n) is 10.3. The lowest BCUT2D eigenvalue weighted by atomic mass is 10.0. The van der Waals surface area contributed by atoms with E-state index in [0.717, 1.165) is 42.1 Å². The van der Waals surface area contributed by atoms with Crippen LogP contribution in [-0.2, 0) is 6.42 Å². The zero-order valence-corrected chi connectivity index (χ0v) is 10.3. The number of hydrogen-bond donors (Lipinski definition) is 1. The number of rotatable bonds is 1. The Hall–Kier alpha value is -2.10. The Morgan fingerprint density at radius 2 is 2.11 bits per heavy atom. The van der Waals surface area contributed by atoms with Crippen molar-refractivity contribution in [1.82, 2.24) is 9.97 Å². The maximum Gasteiger partial charge on any atom is 0.220 e. The maximum absolute atomic E-state index is 5.69. The molecule has 0 atom stereocenters. The predicted molar refractivity (Wildman–Crippen MR) is 70.4 cm³/mol. The first-order valence-corrected chi connectivity index (χ1v) is 6.09. The number of ether oxygens (including phenoxy) is 1. The molecule has 0 spiro atoms. The lowest BCUT2D eigenvalue weighted by Gasteiger charge is -2.17. The van der Waals surface area contributed by atoms with Crippen LogP contribution in [0.1, 0.15) is 17.7 Å². The molecule has 2 aromatic rings. The van der Waals surface area contributed by atoms with Gasteiger partial charge in [-0.3, -0.25) is 0 Å². The normalized spacial score (nSPS) is 13.8. The van der Waals surface area contributed by atoms with Crippen LogP contribution in [0.5, 0.6) is 5.75 Å². The second-order valence-corrected chi connectivity index (χ2v) is 4.53. The SMILES string of the molecule is Cc1cc(-c2ccc3c(c2)CCCO3)nc(N)n1. The van der Waals surface area contributed by atoms with E-state index in [1.165, 1.54) is 5.56 Å². The van der Waals surface area contributed by atoms with Gasteiger partial charge in [0.2, 0.25) is 5.95 Å². The Bertz CT molecular complexity index is 575. The number of nitrogens with zero attached hydrogens (tertiary/aromatic N) is 2. The minimum absolute atomic E-state index is 0.318. The first-order valence-electron chi connectivity index (χ1n) is 6.09. The highest BCUT2D eigenvalue weighted by molar-refractivity contribution is 5.63. The summed E-state index contributed by atoms with van der Waals surface area (Å²) in [4.78, 5) is 8.37. The monoisotopic (exact) mass is 241 g/mol. The smallest absolute Gasteiger partial charge is 0.220 e. The summed E-state index contributed by atoms with van der Waals surface area (Å²) in [6, 6.07) is 8.11. The molecule has 0 bridgehead atoms. The molecule has 0 saturated heterocycles. The van der Waals surface area contributed by atoms with Gasteiger partial charge in [-0.1, -0.05) is 0 Å². The molecule has 0 aliphatic carbocycles. The molecule has 18 heavy (non-hydrogen) atoms. The minimum Gasteiger partial charge on any atom is -0.493 e. The van der Waals surface area contributed by atoms with Gasteiger partial charge >= 0.3 is 0 Å².